The van der Waals surface area contributed by atoms with Crippen LogP contribution < -0.4 is 0 Å². The number of hydrogen-bond acceptors (Lipinski definition) is 4. The fourth-order valence-corrected chi connectivity index (χ4v) is 3.53. The maximum atomic E-state index is 14.3. The van der Waals surface area contributed by atoms with Crippen LogP contribution in [0.15, 0.2) is 55.1 Å². The first-order chi connectivity index (χ1) is 13.6. The predicted molar refractivity (Wildman–Crippen MR) is 103 cm³/mol. The molecule has 0 saturated carbocycles. The van der Waals surface area contributed by atoms with Crippen LogP contribution in [0, 0.1) is 11.7 Å². The minimum atomic E-state index is -0.371. The van der Waals surface area contributed by atoms with Crippen LogP contribution in [0.5, 0.6) is 0 Å². The Labute approximate surface area is 166 Å². The zero-order valence-corrected chi connectivity index (χ0v) is 15.7. The van der Waals surface area contributed by atoms with Crippen molar-refractivity contribution >= 4 is 18.1 Å². The summed E-state index contributed by atoms with van der Waals surface area (Å²) >= 11 is 5.87. The van der Waals surface area contributed by atoms with Crippen molar-refractivity contribution in [2.75, 3.05) is 13.2 Å². The van der Waals surface area contributed by atoms with E-state index in [2.05, 4.69) is 9.97 Å². The number of carbonyl (C=O) groups is 1. The predicted octanol–water partition coefficient (Wildman–Crippen LogP) is 3.87. The SMILES string of the molecule is Fc1cc(Cl)ccc1-c1nccn1[C@@H]1COC[C@H]1Cc1ccncc1.O=CO. The molecule has 6 nitrogen and oxygen atoms in total. The molecule has 1 aliphatic rings. The van der Waals surface area contributed by atoms with Crippen LogP contribution in [0.1, 0.15) is 11.6 Å². The highest BCUT2D eigenvalue weighted by Gasteiger charge is 2.31. The van der Waals surface area contributed by atoms with E-state index >= 15 is 0 Å². The van der Waals surface area contributed by atoms with Gasteiger partial charge in [0.05, 0.1) is 24.8 Å². The molecule has 0 radical (unpaired) electrons. The molecular formula is C20H19ClFN3O3. The van der Waals surface area contributed by atoms with Gasteiger partial charge in [-0.25, -0.2) is 9.37 Å². The van der Waals surface area contributed by atoms with Crippen LogP contribution in [0.25, 0.3) is 11.4 Å². The topological polar surface area (TPSA) is 77.2 Å². The Balaban J connectivity index is 0.000000706. The summed E-state index contributed by atoms with van der Waals surface area (Å²) in [6.07, 6.45) is 8.07. The summed E-state index contributed by atoms with van der Waals surface area (Å²) in [5, 5.41) is 7.26. The first-order valence-electron chi connectivity index (χ1n) is 8.66. The molecule has 8 heteroatoms. The van der Waals surface area contributed by atoms with Gasteiger partial charge in [-0.1, -0.05) is 11.6 Å². The molecule has 146 valence electrons. The third-order valence-electron chi connectivity index (χ3n) is 4.61. The van der Waals surface area contributed by atoms with Crippen LogP contribution >= 0.6 is 11.6 Å². The van der Waals surface area contributed by atoms with Gasteiger partial charge in [0.15, 0.2) is 0 Å². The zero-order valence-electron chi connectivity index (χ0n) is 14.9. The van der Waals surface area contributed by atoms with Crippen LogP contribution in [0.3, 0.4) is 0 Å². The Hall–Kier alpha value is -2.77. The molecular weight excluding hydrogens is 385 g/mol. The number of halogens is 2. The van der Waals surface area contributed by atoms with Gasteiger partial charge in [0.25, 0.3) is 6.47 Å². The fourth-order valence-electron chi connectivity index (χ4n) is 3.37. The van der Waals surface area contributed by atoms with Crippen molar-refractivity contribution in [1.82, 2.24) is 14.5 Å². The Morgan fingerprint density at radius 1 is 1.25 bits per heavy atom. The highest BCUT2D eigenvalue weighted by Crippen LogP contribution is 2.33. The molecule has 1 fully saturated rings. The number of pyridine rings is 1. The van der Waals surface area contributed by atoms with Crippen LogP contribution in [-0.4, -0.2) is 39.3 Å². The van der Waals surface area contributed by atoms with Crippen molar-refractivity contribution < 1.29 is 19.0 Å². The van der Waals surface area contributed by atoms with E-state index in [0.29, 0.717) is 35.5 Å². The van der Waals surface area contributed by atoms with Gasteiger partial charge < -0.3 is 14.4 Å². The zero-order chi connectivity index (χ0) is 19.9. The first kappa shape index (κ1) is 20.0. The minimum Gasteiger partial charge on any atom is -0.483 e. The summed E-state index contributed by atoms with van der Waals surface area (Å²) < 4.78 is 22.1. The normalized spacial score (nSPS) is 18.4. The molecule has 3 aromatic rings. The maximum absolute atomic E-state index is 14.3. The van der Waals surface area contributed by atoms with Crippen molar-refractivity contribution in [3.63, 3.8) is 0 Å². The molecule has 0 aliphatic carbocycles. The number of rotatable bonds is 4. The van der Waals surface area contributed by atoms with Crippen molar-refractivity contribution in [2.45, 2.75) is 12.5 Å². The Morgan fingerprint density at radius 2 is 2.00 bits per heavy atom. The molecule has 0 spiro atoms. The van der Waals surface area contributed by atoms with Crippen molar-refractivity contribution in [2.24, 2.45) is 5.92 Å². The lowest BCUT2D eigenvalue weighted by Crippen LogP contribution is -2.20. The number of hydrogen-bond donors (Lipinski definition) is 1. The highest BCUT2D eigenvalue weighted by atomic mass is 35.5. The highest BCUT2D eigenvalue weighted by molar-refractivity contribution is 6.30. The minimum absolute atomic E-state index is 0.112. The van der Waals surface area contributed by atoms with Gasteiger partial charge >= 0.3 is 0 Å². The average Bonchev–Trinajstić information content (AvgIpc) is 3.32. The van der Waals surface area contributed by atoms with E-state index in [1.807, 2.05) is 22.9 Å². The molecule has 2 atom stereocenters. The van der Waals surface area contributed by atoms with E-state index in [1.165, 1.54) is 11.6 Å². The second-order valence-corrected chi connectivity index (χ2v) is 6.75. The summed E-state index contributed by atoms with van der Waals surface area (Å²) in [6.45, 7) is 1.02. The summed E-state index contributed by atoms with van der Waals surface area (Å²) in [5.41, 5.74) is 1.67. The second kappa shape index (κ2) is 9.43. The van der Waals surface area contributed by atoms with Gasteiger partial charge in [0.1, 0.15) is 11.6 Å². The molecule has 0 bridgehead atoms. The first-order valence-corrected chi connectivity index (χ1v) is 9.04. The molecule has 1 aromatic carbocycles. The lowest BCUT2D eigenvalue weighted by molar-refractivity contribution is -0.122. The summed E-state index contributed by atoms with van der Waals surface area (Å²) in [4.78, 5) is 16.8. The summed E-state index contributed by atoms with van der Waals surface area (Å²) in [5.74, 6) is 0.527. The van der Waals surface area contributed by atoms with Gasteiger partial charge in [-0.05, 0) is 42.3 Å². The monoisotopic (exact) mass is 403 g/mol. The number of nitrogens with zero attached hydrogens (tertiary/aromatic N) is 3. The summed E-state index contributed by atoms with van der Waals surface area (Å²) in [7, 11) is 0. The van der Waals surface area contributed by atoms with E-state index in [0.717, 1.165) is 6.42 Å². The quantitative estimate of drug-likeness (QED) is 0.669. The summed E-state index contributed by atoms with van der Waals surface area (Å²) in [6, 6.07) is 8.81. The van der Waals surface area contributed by atoms with Crippen molar-refractivity contribution in [3.8, 4) is 11.4 Å². The number of aromatic nitrogens is 3. The fraction of sp³-hybridized carbons (Fsp3) is 0.250. The Bertz CT molecular complexity index is 920. The van der Waals surface area contributed by atoms with Crippen molar-refractivity contribution in [3.05, 3.63) is 71.5 Å². The lowest BCUT2D eigenvalue weighted by Gasteiger charge is -2.21. The Kier molecular flexibility index (Phi) is 6.73. The van der Waals surface area contributed by atoms with E-state index < -0.39 is 0 Å². The van der Waals surface area contributed by atoms with E-state index in [-0.39, 0.29) is 18.3 Å². The van der Waals surface area contributed by atoms with Crippen LogP contribution in [0.4, 0.5) is 4.39 Å². The van der Waals surface area contributed by atoms with Crippen LogP contribution in [0.2, 0.25) is 5.02 Å². The number of benzene rings is 1. The number of ether oxygens (including phenoxy) is 1. The molecule has 3 heterocycles. The van der Waals surface area contributed by atoms with Gasteiger partial charge in [-0.15, -0.1) is 0 Å². The molecule has 4 rings (SSSR count). The second-order valence-electron chi connectivity index (χ2n) is 6.31. The molecule has 1 saturated heterocycles. The van der Waals surface area contributed by atoms with Crippen molar-refractivity contribution in [1.29, 1.82) is 0 Å². The third-order valence-corrected chi connectivity index (χ3v) is 4.85. The maximum Gasteiger partial charge on any atom is 0.290 e. The number of carboxylic acid groups (broad SMARTS) is 1. The Morgan fingerprint density at radius 3 is 2.71 bits per heavy atom. The van der Waals surface area contributed by atoms with Gasteiger partial charge in [-0.2, -0.15) is 0 Å². The molecule has 0 unspecified atom stereocenters. The molecule has 28 heavy (non-hydrogen) atoms. The average molecular weight is 404 g/mol. The smallest absolute Gasteiger partial charge is 0.290 e. The number of imidazole rings is 1. The molecule has 1 N–H and O–H groups in total. The van der Waals surface area contributed by atoms with E-state index in [1.54, 1.807) is 30.7 Å². The van der Waals surface area contributed by atoms with E-state index in [4.69, 9.17) is 26.2 Å². The standard InChI is InChI=1S/C19H17ClFN3O.CH2O2/c20-15-1-2-16(17(21)10-15)19-23-7-8-24(19)18-12-25-11-14(18)9-13-3-5-22-6-4-13;2-1-3/h1-8,10,14,18H,9,11-12H2;1H,(H,2,3)/t14-,18-;/m1./s1. The van der Waals surface area contributed by atoms with Gasteiger partial charge in [0.2, 0.25) is 0 Å². The largest absolute Gasteiger partial charge is 0.483 e. The molecule has 0 amide bonds. The third kappa shape index (κ3) is 4.55. The van der Waals surface area contributed by atoms with Gasteiger partial charge in [-0.3, -0.25) is 9.78 Å². The van der Waals surface area contributed by atoms with Crippen LogP contribution in [-0.2, 0) is 16.0 Å². The van der Waals surface area contributed by atoms with Gasteiger partial charge in [0, 0.05) is 35.7 Å². The van der Waals surface area contributed by atoms with E-state index in [9.17, 15) is 4.39 Å². The molecule has 1 aliphatic heterocycles. The lowest BCUT2D eigenvalue weighted by atomic mass is 9.95. The molecule has 2 aromatic heterocycles.